The van der Waals surface area contributed by atoms with Crippen LogP contribution in [0.5, 0.6) is 0 Å². The fourth-order valence-corrected chi connectivity index (χ4v) is 5.41. The Labute approximate surface area is 257 Å². The molecule has 0 aromatic carbocycles. The number of hydrogen-bond donors (Lipinski definition) is 4. The van der Waals surface area contributed by atoms with Crippen molar-refractivity contribution in [3.05, 3.63) is 0 Å². The second kappa shape index (κ2) is 39.4. The molecule has 0 aliphatic rings. The van der Waals surface area contributed by atoms with Gasteiger partial charge in [0.25, 0.3) is 0 Å². The highest BCUT2D eigenvalue weighted by Gasteiger charge is 2.05. The molecule has 41 heavy (non-hydrogen) atoms. The van der Waals surface area contributed by atoms with E-state index in [-0.39, 0.29) is 19.3 Å². The average molecular weight is 586 g/mol. The Morgan fingerprint density at radius 1 is 0.512 bits per heavy atom. The molecule has 0 aliphatic heterocycles. The Morgan fingerprint density at radius 2 is 0.829 bits per heavy atom. The molecule has 0 amide bonds. The first kappa shape index (κ1) is 42.5. The van der Waals surface area contributed by atoms with Crippen LogP contribution in [0.25, 0.3) is 0 Å². The van der Waals surface area contributed by atoms with Crippen molar-refractivity contribution in [1.82, 2.24) is 5.32 Å². The van der Waals surface area contributed by atoms with E-state index in [4.69, 9.17) is 10.2 Å². The normalized spacial score (nSPS) is 11.8. The molecule has 0 aromatic heterocycles. The molecule has 0 aromatic rings. The Balaban J connectivity index is 0. The number of unbranched alkanes of at least 4 members (excludes halogenated alkanes) is 25. The lowest BCUT2D eigenvalue weighted by Gasteiger charge is -2.15. The van der Waals surface area contributed by atoms with E-state index in [2.05, 4.69) is 19.2 Å². The van der Waals surface area contributed by atoms with Crippen molar-refractivity contribution in [2.45, 2.75) is 206 Å². The first-order valence-electron chi connectivity index (χ1n) is 18.3. The minimum atomic E-state index is -0.653. The summed E-state index contributed by atoms with van der Waals surface area (Å²) in [5.41, 5.74) is 0. The molecule has 0 saturated carbocycles. The van der Waals surface area contributed by atoms with Crippen LogP contribution in [0.2, 0.25) is 0 Å². The summed E-state index contributed by atoms with van der Waals surface area (Å²) in [6.07, 6.45) is 37.6. The summed E-state index contributed by atoms with van der Waals surface area (Å²) in [5.74, 6) is -0.653. The van der Waals surface area contributed by atoms with Gasteiger partial charge in [-0.15, -0.1) is 0 Å². The molecule has 248 valence electrons. The number of carbonyl (C=O) groups is 1. The Kier molecular flexibility index (Phi) is 40.8. The number of nitrogens with one attached hydrogen (secondary N) is 1. The van der Waals surface area contributed by atoms with Gasteiger partial charge in [-0.3, -0.25) is 4.79 Å². The lowest BCUT2D eigenvalue weighted by atomic mass is 10.0. The molecular weight excluding hydrogens is 510 g/mol. The molecular formula is C36H75NO4. The number of carboxylic acid groups (broad SMARTS) is 1. The highest BCUT2D eigenvalue weighted by Crippen LogP contribution is 2.14. The third-order valence-electron chi connectivity index (χ3n) is 8.17. The van der Waals surface area contributed by atoms with Gasteiger partial charge in [-0.05, 0) is 12.8 Å². The summed E-state index contributed by atoms with van der Waals surface area (Å²) < 4.78 is 0. The van der Waals surface area contributed by atoms with Gasteiger partial charge in [0.15, 0.2) is 0 Å². The summed E-state index contributed by atoms with van der Waals surface area (Å²) in [6.45, 7) is 5.45. The van der Waals surface area contributed by atoms with Gasteiger partial charge < -0.3 is 20.6 Å². The number of rotatable bonds is 33. The van der Waals surface area contributed by atoms with Crippen molar-refractivity contribution in [3.8, 4) is 0 Å². The SMILES string of the molecule is CCCCCCCCCCCCCCC(CO)NCCO.CCCCCCCCCCCCCCCCCC(=O)O. The van der Waals surface area contributed by atoms with Gasteiger partial charge in [0.05, 0.1) is 13.2 Å². The molecule has 0 rings (SSSR count). The first-order valence-corrected chi connectivity index (χ1v) is 18.3. The Morgan fingerprint density at radius 3 is 1.12 bits per heavy atom. The molecule has 1 atom stereocenters. The van der Waals surface area contributed by atoms with E-state index in [0.717, 1.165) is 19.3 Å². The second-order valence-corrected chi connectivity index (χ2v) is 12.3. The molecule has 0 spiro atoms. The molecule has 0 bridgehead atoms. The van der Waals surface area contributed by atoms with Crippen LogP contribution in [0, 0.1) is 0 Å². The van der Waals surface area contributed by atoms with Gasteiger partial charge in [-0.25, -0.2) is 0 Å². The van der Waals surface area contributed by atoms with E-state index in [1.54, 1.807) is 0 Å². The van der Waals surface area contributed by atoms with E-state index in [9.17, 15) is 9.90 Å². The highest BCUT2D eigenvalue weighted by molar-refractivity contribution is 5.66. The molecule has 0 saturated heterocycles. The maximum absolute atomic E-state index is 10.3. The van der Waals surface area contributed by atoms with Gasteiger partial charge in [-0.1, -0.05) is 181 Å². The zero-order valence-corrected chi connectivity index (χ0v) is 28.0. The molecule has 0 fully saturated rings. The minimum absolute atomic E-state index is 0.148. The fraction of sp³-hybridized carbons (Fsp3) is 0.972. The average Bonchev–Trinajstić information content (AvgIpc) is 2.97. The van der Waals surface area contributed by atoms with Crippen molar-refractivity contribution in [1.29, 1.82) is 0 Å². The van der Waals surface area contributed by atoms with Crippen LogP contribution in [-0.4, -0.2) is 47.1 Å². The third-order valence-corrected chi connectivity index (χ3v) is 8.17. The van der Waals surface area contributed by atoms with E-state index >= 15 is 0 Å². The van der Waals surface area contributed by atoms with Gasteiger partial charge in [0, 0.05) is 19.0 Å². The van der Waals surface area contributed by atoms with Crippen molar-refractivity contribution in [2.75, 3.05) is 19.8 Å². The topological polar surface area (TPSA) is 89.8 Å². The third kappa shape index (κ3) is 41.5. The van der Waals surface area contributed by atoms with E-state index in [1.165, 1.54) is 161 Å². The summed E-state index contributed by atoms with van der Waals surface area (Å²) in [7, 11) is 0. The summed E-state index contributed by atoms with van der Waals surface area (Å²) >= 11 is 0. The molecule has 0 heterocycles. The van der Waals surface area contributed by atoms with Crippen molar-refractivity contribution in [3.63, 3.8) is 0 Å². The van der Waals surface area contributed by atoms with Crippen LogP contribution >= 0.6 is 0 Å². The van der Waals surface area contributed by atoms with Crippen LogP contribution in [0.15, 0.2) is 0 Å². The van der Waals surface area contributed by atoms with Gasteiger partial charge in [0.1, 0.15) is 0 Å². The van der Waals surface area contributed by atoms with Crippen LogP contribution in [-0.2, 0) is 4.79 Å². The van der Waals surface area contributed by atoms with Crippen LogP contribution in [0.1, 0.15) is 200 Å². The smallest absolute Gasteiger partial charge is 0.303 e. The number of aliphatic hydroxyl groups is 2. The van der Waals surface area contributed by atoms with E-state index in [1.807, 2.05) is 0 Å². The van der Waals surface area contributed by atoms with Gasteiger partial charge in [-0.2, -0.15) is 0 Å². The lowest BCUT2D eigenvalue weighted by Crippen LogP contribution is -2.34. The number of carboxylic acids is 1. The quantitative estimate of drug-likeness (QED) is 0.0575. The Bertz CT molecular complexity index is 474. The number of hydrogen-bond acceptors (Lipinski definition) is 4. The van der Waals surface area contributed by atoms with Gasteiger partial charge >= 0.3 is 5.97 Å². The standard InChI is InChI=1S/C18H39NO2.C18H36O2/c1-2-3-4-5-6-7-8-9-10-11-12-13-14-18(17-21)19-15-16-20;1-2-3-4-5-6-7-8-9-10-11-12-13-14-15-16-17-18(19)20/h18-21H,2-17H2,1H3;2-17H2,1H3,(H,19,20). The Hall–Kier alpha value is -0.650. The van der Waals surface area contributed by atoms with Crippen LogP contribution < -0.4 is 5.32 Å². The predicted molar refractivity (Wildman–Crippen MR) is 179 cm³/mol. The van der Waals surface area contributed by atoms with E-state index in [0.29, 0.717) is 13.0 Å². The molecule has 4 N–H and O–H groups in total. The molecule has 0 aliphatic carbocycles. The fourth-order valence-electron chi connectivity index (χ4n) is 5.41. The maximum Gasteiger partial charge on any atom is 0.303 e. The zero-order valence-electron chi connectivity index (χ0n) is 28.0. The largest absolute Gasteiger partial charge is 0.481 e. The first-order chi connectivity index (χ1) is 20.1. The zero-order chi connectivity index (χ0) is 30.5. The van der Waals surface area contributed by atoms with Crippen molar-refractivity contribution >= 4 is 5.97 Å². The van der Waals surface area contributed by atoms with Crippen LogP contribution in [0.4, 0.5) is 0 Å². The van der Waals surface area contributed by atoms with Crippen molar-refractivity contribution in [2.24, 2.45) is 0 Å². The molecule has 0 radical (unpaired) electrons. The molecule has 1 unspecified atom stereocenters. The second-order valence-electron chi connectivity index (χ2n) is 12.3. The maximum atomic E-state index is 10.3. The molecule has 5 nitrogen and oxygen atoms in total. The predicted octanol–water partition coefficient (Wildman–Crippen LogP) is 10.4. The number of aliphatic hydroxyl groups excluding tert-OH is 2. The van der Waals surface area contributed by atoms with Crippen LogP contribution in [0.3, 0.4) is 0 Å². The monoisotopic (exact) mass is 586 g/mol. The molecule has 5 heteroatoms. The summed E-state index contributed by atoms with van der Waals surface area (Å²) in [6, 6.07) is 0.167. The summed E-state index contributed by atoms with van der Waals surface area (Å²) in [4.78, 5) is 10.3. The van der Waals surface area contributed by atoms with E-state index < -0.39 is 5.97 Å². The minimum Gasteiger partial charge on any atom is -0.481 e. The highest BCUT2D eigenvalue weighted by atomic mass is 16.4. The lowest BCUT2D eigenvalue weighted by molar-refractivity contribution is -0.137. The number of aliphatic carboxylic acids is 1. The van der Waals surface area contributed by atoms with Crippen molar-refractivity contribution < 1.29 is 20.1 Å². The summed E-state index contributed by atoms with van der Waals surface area (Å²) in [5, 5.41) is 29.6. The van der Waals surface area contributed by atoms with Gasteiger partial charge in [0.2, 0.25) is 0 Å².